The standard InChI is InChI=1S/C23H14NO/c1-2-7-18-14-20-15-21(11-9-19(20)13-17(18)6-1)25-23-12-10-16-5-3-4-8-22(16)24-23/h1-14H. The first kappa shape index (κ1) is 14.0. The number of hydrogen-bond donors (Lipinski definition) is 0. The smallest absolute Gasteiger partial charge is 0.219 e. The van der Waals surface area contributed by atoms with E-state index in [9.17, 15) is 0 Å². The van der Waals surface area contributed by atoms with Gasteiger partial charge in [-0.2, -0.15) is 0 Å². The highest BCUT2D eigenvalue weighted by Gasteiger charge is 2.04. The maximum absolute atomic E-state index is 5.94. The Kier molecular flexibility index (Phi) is 3.14. The third-order valence-electron chi connectivity index (χ3n) is 4.38. The van der Waals surface area contributed by atoms with E-state index in [4.69, 9.17) is 4.74 Å². The molecule has 2 nitrogen and oxygen atoms in total. The number of ether oxygens (including phenoxy) is 1. The number of hydrogen-bond acceptors (Lipinski definition) is 2. The maximum Gasteiger partial charge on any atom is 0.219 e. The van der Waals surface area contributed by atoms with Gasteiger partial charge in [-0.15, -0.1) is 0 Å². The number of nitrogens with zero attached hydrogens (tertiary/aromatic N) is 1. The Labute approximate surface area is 145 Å². The Hall–Kier alpha value is -3.39. The van der Waals surface area contributed by atoms with Crippen LogP contribution in [0.4, 0.5) is 0 Å². The van der Waals surface area contributed by atoms with Gasteiger partial charge in [0.2, 0.25) is 5.88 Å². The molecule has 1 radical (unpaired) electrons. The number of fused-ring (bicyclic) bond motifs is 3. The first-order valence-corrected chi connectivity index (χ1v) is 8.24. The molecule has 117 valence electrons. The lowest BCUT2D eigenvalue weighted by molar-refractivity contribution is 0.465. The molecule has 2 heteroatoms. The SMILES string of the molecule is [c]1c(Oc2ccc3ccccc3n2)ccc2cc3ccccc3cc12. The maximum atomic E-state index is 5.94. The summed E-state index contributed by atoms with van der Waals surface area (Å²) in [6.45, 7) is 0. The third kappa shape index (κ3) is 2.58. The van der Waals surface area contributed by atoms with E-state index in [2.05, 4.69) is 47.4 Å². The second kappa shape index (κ2) is 5.60. The van der Waals surface area contributed by atoms with Crippen molar-refractivity contribution >= 4 is 32.4 Å². The van der Waals surface area contributed by atoms with Crippen molar-refractivity contribution in [3.8, 4) is 11.6 Å². The molecule has 0 atom stereocenters. The summed E-state index contributed by atoms with van der Waals surface area (Å²) in [5.74, 6) is 1.25. The first-order chi connectivity index (χ1) is 12.3. The van der Waals surface area contributed by atoms with Crippen LogP contribution in [0.25, 0.3) is 32.4 Å². The summed E-state index contributed by atoms with van der Waals surface area (Å²) in [6.07, 6.45) is 0. The van der Waals surface area contributed by atoms with Crippen LogP contribution in [-0.2, 0) is 0 Å². The lowest BCUT2D eigenvalue weighted by Crippen LogP contribution is -1.89. The minimum absolute atomic E-state index is 0.579. The van der Waals surface area contributed by atoms with E-state index >= 15 is 0 Å². The highest BCUT2D eigenvalue weighted by Crippen LogP contribution is 2.28. The monoisotopic (exact) mass is 320 g/mol. The van der Waals surface area contributed by atoms with E-state index in [-0.39, 0.29) is 0 Å². The molecular weight excluding hydrogens is 306 g/mol. The van der Waals surface area contributed by atoms with Crippen LogP contribution >= 0.6 is 0 Å². The molecular formula is C23H14NO. The minimum Gasteiger partial charge on any atom is -0.438 e. The predicted molar refractivity (Wildman–Crippen MR) is 102 cm³/mol. The molecule has 0 bridgehead atoms. The van der Waals surface area contributed by atoms with Crippen molar-refractivity contribution in [2.24, 2.45) is 0 Å². The molecule has 0 aliphatic rings. The molecule has 5 rings (SSSR count). The Morgan fingerprint density at radius 2 is 1.36 bits per heavy atom. The summed E-state index contributed by atoms with van der Waals surface area (Å²) in [6, 6.07) is 31.9. The quantitative estimate of drug-likeness (QED) is 0.365. The van der Waals surface area contributed by atoms with E-state index in [1.807, 2.05) is 48.5 Å². The highest BCUT2D eigenvalue weighted by atomic mass is 16.5. The van der Waals surface area contributed by atoms with E-state index < -0.39 is 0 Å². The van der Waals surface area contributed by atoms with Crippen LogP contribution in [0.1, 0.15) is 0 Å². The van der Waals surface area contributed by atoms with Crippen molar-refractivity contribution in [1.29, 1.82) is 0 Å². The van der Waals surface area contributed by atoms with Gasteiger partial charge in [-0.3, -0.25) is 0 Å². The van der Waals surface area contributed by atoms with Gasteiger partial charge < -0.3 is 4.74 Å². The zero-order valence-corrected chi connectivity index (χ0v) is 13.4. The molecule has 0 saturated carbocycles. The second-order valence-corrected chi connectivity index (χ2v) is 6.05. The van der Waals surface area contributed by atoms with Crippen LogP contribution in [0.5, 0.6) is 11.6 Å². The van der Waals surface area contributed by atoms with Gasteiger partial charge in [-0.1, -0.05) is 48.5 Å². The van der Waals surface area contributed by atoms with Crippen LogP contribution in [-0.4, -0.2) is 4.98 Å². The zero-order valence-electron chi connectivity index (χ0n) is 13.4. The van der Waals surface area contributed by atoms with Gasteiger partial charge in [-0.05, 0) is 51.9 Å². The lowest BCUT2D eigenvalue weighted by Gasteiger charge is -2.07. The molecule has 0 aliphatic carbocycles. The van der Waals surface area contributed by atoms with E-state index in [0.717, 1.165) is 21.7 Å². The summed E-state index contributed by atoms with van der Waals surface area (Å²) in [5.41, 5.74) is 0.923. The summed E-state index contributed by atoms with van der Waals surface area (Å²) >= 11 is 0. The number of para-hydroxylation sites is 1. The van der Waals surface area contributed by atoms with Crippen molar-refractivity contribution < 1.29 is 4.74 Å². The molecule has 0 unspecified atom stereocenters. The van der Waals surface area contributed by atoms with Crippen LogP contribution < -0.4 is 4.74 Å². The topological polar surface area (TPSA) is 22.1 Å². The summed E-state index contributed by atoms with van der Waals surface area (Å²) < 4.78 is 5.94. The van der Waals surface area contributed by atoms with Gasteiger partial charge in [0, 0.05) is 17.5 Å². The molecule has 0 fully saturated rings. The fourth-order valence-corrected chi connectivity index (χ4v) is 3.12. The normalized spacial score (nSPS) is 11.2. The van der Waals surface area contributed by atoms with E-state index in [0.29, 0.717) is 11.6 Å². The van der Waals surface area contributed by atoms with Gasteiger partial charge in [0.25, 0.3) is 0 Å². The largest absolute Gasteiger partial charge is 0.438 e. The van der Waals surface area contributed by atoms with Crippen molar-refractivity contribution in [2.45, 2.75) is 0 Å². The number of rotatable bonds is 2. The van der Waals surface area contributed by atoms with Crippen LogP contribution in [0.2, 0.25) is 0 Å². The van der Waals surface area contributed by atoms with E-state index in [1.165, 1.54) is 10.8 Å². The average molecular weight is 320 g/mol. The van der Waals surface area contributed by atoms with Gasteiger partial charge in [0.1, 0.15) is 5.75 Å². The minimum atomic E-state index is 0.579. The lowest BCUT2D eigenvalue weighted by atomic mass is 10.0. The first-order valence-electron chi connectivity index (χ1n) is 8.24. The summed E-state index contributed by atoms with van der Waals surface area (Å²) in [5, 5.41) is 5.72. The fourth-order valence-electron chi connectivity index (χ4n) is 3.12. The molecule has 0 spiro atoms. The van der Waals surface area contributed by atoms with Gasteiger partial charge in [0.05, 0.1) is 5.52 Å². The van der Waals surface area contributed by atoms with Crippen LogP contribution in [0, 0.1) is 6.07 Å². The molecule has 4 aromatic carbocycles. The number of benzene rings is 4. The van der Waals surface area contributed by atoms with Gasteiger partial charge in [-0.25, -0.2) is 4.98 Å². The Morgan fingerprint density at radius 1 is 0.640 bits per heavy atom. The predicted octanol–water partition coefficient (Wildman–Crippen LogP) is 6.13. The number of aromatic nitrogens is 1. The van der Waals surface area contributed by atoms with Crippen molar-refractivity contribution in [3.63, 3.8) is 0 Å². The summed E-state index contributed by atoms with van der Waals surface area (Å²) in [4.78, 5) is 4.56. The summed E-state index contributed by atoms with van der Waals surface area (Å²) in [7, 11) is 0. The highest BCUT2D eigenvalue weighted by molar-refractivity contribution is 5.98. The molecule has 5 aromatic rings. The van der Waals surface area contributed by atoms with Gasteiger partial charge >= 0.3 is 0 Å². The Bertz CT molecular complexity index is 1230. The fraction of sp³-hybridized carbons (Fsp3) is 0. The molecule has 25 heavy (non-hydrogen) atoms. The average Bonchev–Trinajstić information content (AvgIpc) is 2.66. The van der Waals surface area contributed by atoms with Gasteiger partial charge in [0.15, 0.2) is 0 Å². The van der Waals surface area contributed by atoms with Crippen molar-refractivity contribution in [3.05, 3.63) is 91.0 Å². The Morgan fingerprint density at radius 3 is 2.24 bits per heavy atom. The van der Waals surface area contributed by atoms with E-state index in [1.54, 1.807) is 0 Å². The third-order valence-corrected chi connectivity index (χ3v) is 4.38. The molecule has 0 aliphatic heterocycles. The zero-order chi connectivity index (χ0) is 16.6. The van der Waals surface area contributed by atoms with Crippen molar-refractivity contribution in [2.75, 3.05) is 0 Å². The van der Waals surface area contributed by atoms with Crippen LogP contribution in [0.3, 0.4) is 0 Å². The molecule has 1 aromatic heterocycles. The van der Waals surface area contributed by atoms with Crippen molar-refractivity contribution in [1.82, 2.24) is 4.98 Å². The molecule has 0 N–H and O–H groups in total. The second-order valence-electron chi connectivity index (χ2n) is 6.05. The molecule has 1 heterocycles. The molecule has 0 saturated heterocycles. The number of pyridine rings is 1. The Balaban J connectivity index is 1.56. The van der Waals surface area contributed by atoms with Crippen LogP contribution in [0.15, 0.2) is 84.9 Å². The molecule has 0 amide bonds.